The minimum atomic E-state index is -0.560. The quantitative estimate of drug-likeness (QED) is 0.864. The second kappa shape index (κ2) is 4.21. The third-order valence-corrected chi connectivity index (χ3v) is 2.68. The van der Waals surface area contributed by atoms with Crippen molar-refractivity contribution < 1.29 is 13.9 Å². The first kappa shape index (κ1) is 11.1. The van der Waals surface area contributed by atoms with Gasteiger partial charge in [-0.2, -0.15) is 5.10 Å². The third-order valence-electron chi connectivity index (χ3n) is 2.07. The number of nitrogens with one attached hydrogen (secondary N) is 1. The summed E-state index contributed by atoms with van der Waals surface area (Å²) in [6.45, 7) is 1.95. The standard InChI is InChI=1S/C10H8BrFN2O2/c1-2-16-10(15)9-5-3-7(12)6(11)4-8(5)13-14-9/h3-4H,2H2,1H3,(H,13,14). The van der Waals surface area contributed by atoms with Gasteiger partial charge in [-0.3, -0.25) is 5.10 Å². The summed E-state index contributed by atoms with van der Waals surface area (Å²) >= 11 is 3.05. The van der Waals surface area contributed by atoms with Crippen molar-refractivity contribution in [2.24, 2.45) is 0 Å². The molecule has 6 heteroatoms. The molecule has 0 fully saturated rings. The van der Waals surface area contributed by atoms with Crippen molar-refractivity contribution in [3.05, 3.63) is 28.1 Å². The number of halogens is 2. The molecule has 1 aromatic heterocycles. The summed E-state index contributed by atoms with van der Waals surface area (Å²) < 4.78 is 18.4. The number of H-pyrrole nitrogens is 1. The fourth-order valence-electron chi connectivity index (χ4n) is 1.37. The molecule has 2 rings (SSSR count). The fourth-order valence-corrected chi connectivity index (χ4v) is 1.71. The van der Waals surface area contributed by atoms with E-state index in [0.717, 1.165) is 0 Å². The molecule has 0 atom stereocenters. The van der Waals surface area contributed by atoms with Gasteiger partial charge in [0.25, 0.3) is 0 Å². The summed E-state index contributed by atoms with van der Waals surface area (Å²) in [5.41, 5.74) is 0.680. The molecule has 0 aliphatic rings. The van der Waals surface area contributed by atoms with E-state index in [2.05, 4.69) is 26.1 Å². The molecule has 0 radical (unpaired) electrons. The highest BCUT2D eigenvalue weighted by atomic mass is 79.9. The van der Waals surface area contributed by atoms with E-state index in [1.165, 1.54) is 12.1 Å². The molecule has 0 aliphatic heterocycles. The first-order valence-corrected chi connectivity index (χ1v) is 5.43. The predicted octanol–water partition coefficient (Wildman–Crippen LogP) is 2.64. The van der Waals surface area contributed by atoms with E-state index >= 15 is 0 Å². The second-order valence-corrected chi connectivity index (χ2v) is 3.96. The van der Waals surface area contributed by atoms with Gasteiger partial charge in [0, 0.05) is 5.39 Å². The zero-order valence-corrected chi connectivity index (χ0v) is 9.97. The Balaban J connectivity index is 2.56. The van der Waals surface area contributed by atoms with Crippen LogP contribution in [0, 0.1) is 5.82 Å². The Morgan fingerprint density at radius 2 is 2.38 bits per heavy atom. The van der Waals surface area contributed by atoms with Crippen LogP contribution in [-0.2, 0) is 4.74 Å². The largest absolute Gasteiger partial charge is 0.461 e. The first-order chi connectivity index (χ1) is 7.63. The molecule has 1 aromatic carbocycles. The highest BCUT2D eigenvalue weighted by Gasteiger charge is 2.16. The second-order valence-electron chi connectivity index (χ2n) is 3.10. The van der Waals surface area contributed by atoms with Gasteiger partial charge in [-0.25, -0.2) is 9.18 Å². The lowest BCUT2D eigenvalue weighted by molar-refractivity contribution is 0.0521. The van der Waals surface area contributed by atoms with Crippen LogP contribution in [0.4, 0.5) is 4.39 Å². The lowest BCUT2D eigenvalue weighted by Crippen LogP contribution is -2.05. The van der Waals surface area contributed by atoms with Crippen molar-refractivity contribution >= 4 is 32.8 Å². The van der Waals surface area contributed by atoms with E-state index in [1.54, 1.807) is 6.92 Å². The van der Waals surface area contributed by atoms with Crippen LogP contribution >= 0.6 is 15.9 Å². The van der Waals surface area contributed by atoms with Gasteiger partial charge in [0.05, 0.1) is 16.6 Å². The van der Waals surface area contributed by atoms with Crippen molar-refractivity contribution in [3.8, 4) is 0 Å². The number of carbonyl (C=O) groups is 1. The molecular formula is C10H8BrFN2O2. The molecule has 16 heavy (non-hydrogen) atoms. The highest BCUT2D eigenvalue weighted by Crippen LogP contribution is 2.24. The van der Waals surface area contributed by atoms with Crippen molar-refractivity contribution in [3.63, 3.8) is 0 Å². The topological polar surface area (TPSA) is 55.0 Å². The molecule has 2 aromatic rings. The van der Waals surface area contributed by atoms with Crippen molar-refractivity contribution in [2.75, 3.05) is 6.61 Å². The molecule has 0 bridgehead atoms. The Morgan fingerprint density at radius 3 is 3.06 bits per heavy atom. The molecule has 0 saturated heterocycles. The lowest BCUT2D eigenvalue weighted by atomic mass is 10.2. The monoisotopic (exact) mass is 286 g/mol. The number of hydrogen-bond donors (Lipinski definition) is 1. The summed E-state index contributed by atoms with van der Waals surface area (Å²) in [6, 6.07) is 2.77. The molecule has 0 unspecified atom stereocenters. The maximum absolute atomic E-state index is 13.3. The molecule has 84 valence electrons. The number of ether oxygens (including phenoxy) is 1. The van der Waals surface area contributed by atoms with Gasteiger partial charge in [0.2, 0.25) is 0 Å². The van der Waals surface area contributed by atoms with Gasteiger partial charge >= 0.3 is 5.97 Å². The maximum atomic E-state index is 13.3. The van der Waals surface area contributed by atoms with Gasteiger partial charge in [0.15, 0.2) is 5.69 Å². The van der Waals surface area contributed by atoms with Gasteiger partial charge in [-0.15, -0.1) is 0 Å². The van der Waals surface area contributed by atoms with Crippen LogP contribution in [0.25, 0.3) is 10.9 Å². The average molecular weight is 287 g/mol. The van der Waals surface area contributed by atoms with E-state index < -0.39 is 11.8 Å². The lowest BCUT2D eigenvalue weighted by Gasteiger charge is -1.98. The maximum Gasteiger partial charge on any atom is 0.359 e. The fraction of sp³-hybridized carbons (Fsp3) is 0.200. The number of hydrogen-bond acceptors (Lipinski definition) is 3. The number of aromatic amines is 1. The van der Waals surface area contributed by atoms with E-state index in [-0.39, 0.29) is 12.3 Å². The Hall–Kier alpha value is -1.43. The molecular weight excluding hydrogens is 279 g/mol. The van der Waals surface area contributed by atoms with E-state index in [9.17, 15) is 9.18 Å². The molecule has 1 N–H and O–H groups in total. The Kier molecular flexibility index (Phi) is 2.91. The molecule has 0 amide bonds. The van der Waals surface area contributed by atoms with Crippen LogP contribution in [0.3, 0.4) is 0 Å². The zero-order chi connectivity index (χ0) is 11.7. The number of benzene rings is 1. The zero-order valence-electron chi connectivity index (χ0n) is 8.38. The number of carbonyl (C=O) groups excluding carboxylic acids is 1. The molecule has 4 nitrogen and oxygen atoms in total. The minimum absolute atomic E-state index is 0.100. The Labute approximate surface area is 98.9 Å². The normalized spacial score (nSPS) is 10.7. The van der Waals surface area contributed by atoms with Crippen LogP contribution in [0.2, 0.25) is 0 Å². The van der Waals surface area contributed by atoms with Gasteiger partial charge in [-0.05, 0) is 35.0 Å². The smallest absolute Gasteiger partial charge is 0.359 e. The van der Waals surface area contributed by atoms with E-state index in [4.69, 9.17) is 4.74 Å². The van der Waals surface area contributed by atoms with Gasteiger partial charge in [-0.1, -0.05) is 0 Å². The number of esters is 1. The summed E-state index contributed by atoms with van der Waals surface area (Å²) in [5, 5.41) is 6.87. The van der Waals surface area contributed by atoms with Crippen LogP contribution in [0.15, 0.2) is 16.6 Å². The predicted molar refractivity (Wildman–Crippen MR) is 59.7 cm³/mol. The SMILES string of the molecule is CCOC(=O)c1n[nH]c2cc(Br)c(F)cc12. The first-order valence-electron chi connectivity index (χ1n) is 4.63. The van der Waals surface area contributed by atoms with Crippen LogP contribution in [0.1, 0.15) is 17.4 Å². The number of fused-ring (bicyclic) bond motifs is 1. The summed E-state index contributed by atoms with van der Waals surface area (Å²) in [5.74, 6) is -1.00. The third kappa shape index (κ3) is 1.80. The number of rotatable bonds is 2. The van der Waals surface area contributed by atoms with Crippen molar-refractivity contribution in [2.45, 2.75) is 6.92 Å². The average Bonchev–Trinajstić information content (AvgIpc) is 2.62. The number of nitrogens with zero attached hydrogens (tertiary/aromatic N) is 1. The van der Waals surface area contributed by atoms with E-state index in [1.807, 2.05) is 0 Å². The van der Waals surface area contributed by atoms with Crippen LogP contribution < -0.4 is 0 Å². The summed E-state index contributed by atoms with van der Waals surface area (Å²) in [6.07, 6.45) is 0. The molecule has 0 aliphatic carbocycles. The Morgan fingerprint density at radius 1 is 1.62 bits per heavy atom. The van der Waals surface area contributed by atoms with Crippen molar-refractivity contribution in [1.82, 2.24) is 10.2 Å². The van der Waals surface area contributed by atoms with Gasteiger partial charge in [0.1, 0.15) is 5.82 Å². The summed E-state index contributed by atoms with van der Waals surface area (Å²) in [4.78, 5) is 11.5. The number of aromatic nitrogens is 2. The van der Waals surface area contributed by atoms with Crippen LogP contribution in [-0.4, -0.2) is 22.8 Å². The van der Waals surface area contributed by atoms with E-state index in [0.29, 0.717) is 15.4 Å². The minimum Gasteiger partial charge on any atom is -0.461 e. The Bertz CT molecular complexity index is 553. The molecule has 0 saturated carbocycles. The molecule has 1 heterocycles. The summed E-state index contributed by atoms with van der Waals surface area (Å²) in [7, 11) is 0. The highest BCUT2D eigenvalue weighted by molar-refractivity contribution is 9.10. The van der Waals surface area contributed by atoms with Crippen molar-refractivity contribution in [1.29, 1.82) is 0 Å². The van der Waals surface area contributed by atoms with Crippen LogP contribution in [0.5, 0.6) is 0 Å². The molecule has 0 spiro atoms. The van der Waals surface area contributed by atoms with Gasteiger partial charge < -0.3 is 4.74 Å².